The van der Waals surface area contributed by atoms with Crippen molar-refractivity contribution >= 4 is 28.9 Å². The molecule has 0 saturated carbocycles. The van der Waals surface area contributed by atoms with Crippen LogP contribution in [0.25, 0.3) is 0 Å². The number of halogens is 3. The minimum absolute atomic E-state index is 0.0694. The van der Waals surface area contributed by atoms with Crippen LogP contribution in [0.5, 0.6) is 0 Å². The average molecular weight is 308 g/mol. The Bertz CT molecular complexity index is 415. The van der Waals surface area contributed by atoms with Gasteiger partial charge in [0.2, 0.25) is 0 Å². The number of hydrogen-bond acceptors (Lipinski definition) is 3. The van der Waals surface area contributed by atoms with Gasteiger partial charge in [-0.25, -0.2) is 13.8 Å². The number of carbonyl (C=O) groups is 1. The smallest absolute Gasteiger partial charge is 0.266 e. The lowest BCUT2D eigenvalue weighted by molar-refractivity contribution is 0.112. The molecule has 0 aromatic carbocycles. The topological polar surface area (TPSA) is 53.8 Å². The summed E-state index contributed by atoms with van der Waals surface area (Å²) in [5, 5.41) is 8.52. The lowest BCUT2D eigenvalue weighted by Crippen LogP contribution is -2.00. The fourth-order valence-electron chi connectivity index (χ4n) is 0.861. The fraction of sp³-hybridized carbons (Fsp3) is 0.125. The van der Waals surface area contributed by atoms with Gasteiger partial charge in [-0.15, -0.1) is 0 Å². The summed E-state index contributed by atoms with van der Waals surface area (Å²) in [5.41, 5.74) is -0.773. The number of aromatic nitrogens is 1. The Morgan fingerprint density at radius 3 is 2.71 bits per heavy atom. The van der Waals surface area contributed by atoms with Crippen LogP contribution in [-0.2, 0) is 0 Å². The predicted molar refractivity (Wildman–Crippen MR) is 52.0 cm³/mol. The van der Waals surface area contributed by atoms with E-state index in [1.165, 1.54) is 0 Å². The molecule has 0 radical (unpaired) electrons. The monoisotopic (exact) mass is 308 g/mol. The van der Waals surface area contributed by atoms with Crippen LogP contribution in [0.15, 0.2) is 6.07 Å². The van der Waals surface area contributed by atoms with Crippen LogP contribution in [-0.4, -0.2) is 11.3 Å². The van der Waals surface area contributed by atoms with Crippen molar-refractivity contribution in [3.8, 4) is 6.07 Å². The van der Waals surface area contributed by atoms with Gasteiger partial charge in [0.25, 0.3) is 6.43 Å². The maximum atomic E-state index is 12.4. The summed E-state index contributed by atoms with van der Waals surface area (Å²) >= 11 is 1.71. The summed E-state index contributed by atoms with van der Waals surface area (Å²) in [4.78, 5) is 14.0. The lowest BCUT2D eigenvalue weighted by Gasteiger charge is -2.03. The van der Waals surface area contributed by atoms with E-state index in [9.17, 15) is 13.6 Å². The molecule has 0 spiro atoms. The van der Waals surface area contributed by atoms with Gasteiger partial charge in [-0.2, -0.15) is 5.26 Å². The third-order valence-corrected chi connectivity index (χ3v) is 2.36. The Balaban J connectivity index is 3.41. The molecule has 1 aromatic rings. The molecule has 1 aromatic heterocycles. The summed E-state index contributed by atoms with van der Waals surface area (Å²) in [7, 11) is 0. The van der Waals surface area contributed by atoms with Crippen molar-refractivity contribution < 1.29 is 13.6 Å². The zero-order valence-corrected chi connectivity index (χ0v) is 8.83. The van der Waals surface area contributed by atoms with Crippen molar-refractivity contribution in [2.75, 3.05) is 0 Å². The number of rotatable bonds is 2. The van der Waals surface area contributed by atoms with Crippen molar-refractivity contribution in [1.29, 1.82) is 5.26 Å². The normalized spacial score (nSPS) is 9.93. The van der Waals surface area contributed by atoms with Crippen molar-refractivity contribution in [1.82, 2.24) is 4.98 Å². The highest BCUT2D eigenvalue weighted by atomic mass is 127. The van der Waals surface area contributed by atoms with E-state index in [2.05, 4.69) is 4.98 Å². The maximum absolute atomic E-state index is 12.4. The first-order chi connectivity index (χ1) is 6.60. The second-order valence-electron chi connectivity index (χ2n) is 2.34. The molecule has 0 N–H and O–H groups in total. The highest BCUT2D eigenvalue weighted by molar-refractivity contribution is 14.1. The van der Waals surface area contributed by atoms with Crippen LogP contribution in [0.3, 0.4) is 0 Å². The van der Waals surface area contributed by atoms with E-state index in [1.807, 2.05) is 0 Å². The van der Waals surface area contributed by atoms with Crippen molar-refractivity contribution in [2.45, 2.75) is 6.43 Å². The van der Waals surface area contributed by atoms with E-state index >= 15 is 0 Å². The number of carbonyl (C=O) groups excluding carboxylic acids is 1. The molecule has 0 unspecified atom stereocenters. The Labute approximate surface area is 91.9 Å². The van der Waals surface area contributed by atoms with Crippen LogP contribution < -0.4 is 0 Å². The molecule has 6 heteroatoms. The molecule has 0 aliphatic heterocycles. The highest BCUT2D eigenvalue weighted by Gasteiger charge is 2.17. The minimum atomic E-state index is -2.80. The van der Waals surface area contributed by atoms with E-state index in [1.54, 1.807) is 28.7 Å². The molecule has 0 aliphatic rings. The summed E-state index contributed by atoms with van der Waals surface area (Å²) in [6.07, 6.45) is -2.37. The largest absolute Gasteiger partial charge is 0.298 e. The maximum Gasteiger partial charge on any atom is 0.266 e. The standard InChI is InChI=1S/C8H3F2IN2O/c9-7(10)5-1-4(3-14)8(11)13-6(5)2-12/h1,3,7H. The number of alkyl halides is 2. The van der Waals surface area contributed by atoms with Crippen LogP contribution in [0.2, 0.25) is 0 Å². The number of hydrogen-bond donors (Lipinski definition) is 0. The molecule has 0 aliphatic carbocycles. The van der Waals surface area contributed by atoms with E-state index < -0.39 is 12.0 Å². The summed E-state index contributed by atoms with van der Waals surface area (Å²) in [5.74, 6) is 0. The number of aldehydes is 1. The van der Waals surface area contributed by atoms with Gasteiger partial charge in [0.1, 0.15) is 9.77 Å². The van der Waals surface area contributed by atoms with Crippen LogP contribution in [0.1, 0.15) is 28.0 Å². The molecule has 0 fully saturated rings. The number of pyridine rings is 1. The molecule has 1 rings (SSSR count). The van der Waals surface area contributed by atoms with Gasteiger partial charge < -0.3 is 0 Å². The molecule has 14 heavy (non-hydrogen) atoms. The highest BCUT2D eigenvalue weighted by Crippen LogP contribution is 2.23. The minimum Gasteiger partial charge on any atom is -0.298 e. The Morgan fingerprint density at radius 1 is 1.64 bits per heavy atom. The second-order valence-corrected chi connectivity index (χ2v) is 3.36. The summed E-state index contributed by atoms with van der Waals surface area (Å²) in [6, 6.07) is 2.55. The van der Waals surface area contributed by atoms with Gasteiger partial charge in [0.15, 0.2) is 12.0 Å². The van der Waals surface area contributed by atoms with Gasteiger partial charge in [0.05, 0.1) is 5.56 Å². The Morgan fingerprint density at radius 2 is 2.29 bits per heavy atom. The molecule has 0 amide bonds. The van der Waals surface area contributed by atoms with Crippen molar-refractivity contribution in [3.63, 3.8) is 0 Å². The SMILES string of the molecule is N#Cc1nc(I)c(C=O)cc1C(F)F. The molecule has 3 nitrogen and oxygen atoms in total. The molecule has 72 valence electrons. The summed E-state index contributed by atoms with van der Waals surface area (Å²) in [6.45, 7) is 0. The van der Waals surface area contributed by atoms with E-state index in [0.29, 0.717) is 6.29 Å². The van der Waals surface area contributed by atoms with Crippen molar-refractivity contribution in [3.05, 3.63) is 26.6 Å². The molecular formula is C8H3F2IN2O. The molecule has 0 atom stereocenters. The van der Waals surface area contributed by atoms with Crippen LogP contribution >= 0.6 is 22.6 Å². The third-order valence-electron chi connectivity index (χ3n) is 1.50. The Kier molecular flexibility index (Phi) is 3.46. The average Bonchev–Trinajstić information content (AvgIpc) is 2.16. The first-order valence-electron chi connectivity index (χ1n) is 3.44. The van der Waals surface area contributed by atoms with E-state index in [4.69, 9.17) is 5.26 Å². The molecule has 0 saturated heterocycles. The lowest BCUT2D eigenvalue weighted by atomic mass is 10.1. The fourth-order valence-corrected chi connectivity index (χ4v) is 1.39. The second kappa shape index (κ2) is 4.41. The number of nitriles is 1. The van der Waals surface area contributed by atoms with Crippen LogP contribution in [0.4, 0.5) is 8.78 Å². The number of nitrogens with zero attached hydrogens (tertiary/aromatic N) is 2. The summed E-state index contributed by atoms with van der Waals surface area (Å²) < 4.78 is 25.0. The van der Waals surface area contributed by atoms with Gasteiger partial charge in [0, 0.05) is 5.56 Å². The van der Waals surface area contributed by atoms with E-state index in [0.717, 1.165) is 6.07 Å². The quantitative estimate of drug-likeness (QED) is 0.478. The zero-order valence-electron chi connectivity index (χ0n) is 6.67. The third kappa shape index (κ3) is 2.04. The molecular weight excluding hydrogens is 305 g/mol. The van der Waals surface area contributed by atoms with Gasteiger partial charge in [-0.3, -0.25) is 4.79 Å². The first kappa shape index (κ1) is 11.0. The molecule has 1 heterocycles. The van der Waals surface area contributed by atoms with E-state index in [-0.39, 0.29) is 15.0 Å². The predicted octanol–water partition coefficient (Wildman–Crippen LogP) is 2.31. The first-order valence-corrected chi connectivity index (χ1v) is 4.52. The van der Waals surface area contributed by atoms with Crippen LogP contribution in [0, 0.1) is 15.0 Å². The molecule has 0 bridgehead atoms. The zero-order chi connectivity index (χ0) is 10.7. The van der Waals surface area contributed by atoms with Gasteiger partial charge >= 0.3 is 0 Å². The van der Waals surface area contributed by atoms with Gasteiger partial charge in [-0.05, 0) is 28.7 Å². The van der Waals surface area contributed by atoms with Gasteiger partial charge in [-0.1, -0.05) is 0 Å². The Hall–Kier alpha value is -1.10. The van der Waals surface area contributed by atoms with Crippen molar-refractivity contribution in [2.24, 2.45) is 0 Å².